The number of carbonyl (C=O) groups excluding carboxylic acids is 1. The molecule has 0 aliphatic rings. The lowest BCUT2D eigenvalue weighted by atomic mass is 10.2. The fourth-order valence-corrected chi connectivity index (χ4v) is 2.55. The van der Waals surface area contributed by atoms with Crippen LogP contribution >= 0.6 is 11.8 Å². The smallest absolute Gasteiger partial charge is 0.321 e. The Bertz CT molecular complexity index is 847. The molecule has 0 aliphatic carbocycles. The van der Waals surface area contributed by atoms with Crippen molar-refractivity contribution in [3.63, 3.8) is 0 Å². The van der Waals surface area contributed by atoms with Crippen molar-refractivity contribution in [1.29, 1.82) is 0 Å². The number of nitrogens with zero attached hydrogens (tertiary/aromatic N) is 3. The summed E-state index contributed by atoms with van der Waals surface area (Å²) in [5.74, 6) is 0.161. The molecule has 5 nitrogen and oxygen atoms in total. The third-order valence-electron chi connectivity index (χ3n) is 3.09. The maximum absolute atomic E-state index is 12.3. The second kappa shape index (κ2) is 6.98. The Labute approximate surface area is 144 Å². The predicted octanol–water partition coefficient (Wildman–Crippen LogP) is 4.13. The number of aromatic nitrogens is 3. The molecule has 0 aliphatic heterocycles. The number of pyridine rings is 1. The summed E-state index contributed by atoms with van der Waals surface area (Å²) in [7, 11) is 0. The van der Waals surface area contributed by atoms with Gasteiger partial charge in [-0.2, -0.15) is 18.3 Å². The molecular formula is C16H11F3N4OS. The number of alkyl halides is 3. The maximum atomic E-state index is 12.3. The van der Waals surface area contributed by atoms with Crippen molar-refractivity contribution in [2.45, 2.75) is 10.4 Å². The second-order valence-electron chi connectivity index (χ2n) is 4.88. The van der Waals surface area contributed by atoms with Crippen molar-refractivity contribution in [2.75, 3.05) is 5.32 Å². The standard InChI is InChI=1S/C16H11F3N4OS/c17-16(18,19)25-13-5-2-11(3-6-13)15(24)22-12-4-7-14(20-10-12)23-9-1-8-21-23/h1-10H,(H,22,24). The van der Waals surface area contributed by atoms with Gasteiger partial charge >= 0.3 is 5.51 Å². The van der Waals surface area contributed by atoms with Gasteiger partial charge in [0.05, 0.1) is 11.9 Å². The number of rotatable bonds is 4. The van der Waals surface area contributed by atoms with E-state index in [4.69, 9.17) is 0 Å². The van der Waals surface area contributed by atoms with E-state index in [0.717, 1.165) is 0 Å². The Morgan fingerprint density at radius 3 is 2.44 bits per heavy atom. The first-order valence-electron chi connectivity index (χ1n) is 7.04. The number of thioether (sulfide) groups is 1. The fraction of sp³-hybridized carbons (Fsp3) is 0.0625. The average Bonchev–Trinajstić information content (AvgIpc) is 3.09. The summed E-state index contributed by atoms with van der Waals surface area (Å²) in [6.45, 7) is 0. The molecule has 3 rings (SSSR count). The van der Waals surface area contributed by atoms with E-state index in [9.17, 15) is 18.0 Å². The number of hydrogen-bond acceptors (Lipinski definition) is 4. The largest absolute Gasteiger partial charge is 0.446 e. The third-order valence-corrected chi connectivity index (χ3v) is 3.83. The van der Waals surface area contributed by atoms with E-state index in [0.29, 0.717) is 11.5 Å². The van der Waals surface area contributed by atoms with E-state index in [1.807, 2.05) is 0 Å². The molecule has 2 aromatic heterocycles. The van der Waals surface area contributed by atoms with Crippen LogP contribution in [0.15, 0.2) is 66.0 Å². The van der Waals surface area contributed by atoms with Gasteiger partial charge in [-0.05, 0) is 54.2 Å². The Balaban J connectivity index is 1.65. The van der Waals surface area contributed by atoms with Crippen molar-refractivity contribution < 1.29 is 18.0 Å². The number of carbonyl (C=O) groups is 1. The Hall–Kier alpha value is -2.81. The first-order valence-corrected chi connectivity index (χ1v) is 7.86. The van der Waals surface area contributed by atoms with Gasteiger partial charge < -0.3 is 5.32 Å². The van der Waals surface area contributed by atoms with Crippen LogP contribution in [0.1, 0.15) is 10.4 Å². The van der Waals surface area contributed by atoms with Gasteiger partial charge in [-0.3, -0.25) is 4.79 Å². The molecule has 1 amide bonds. The van der Waals surface area contributed by atoms with Gasteiger partial charge in [0.15, 0.2) is 5.82 Å². The van der Waals surface area contributed by atoms with Gasteiger partial charge in [0.25, 0.3) is 5.91 Å². The molecule has 0 saturated heterocycles. The van der Waals surface area contributed by atoms with Crippen molar-refractivity contribution in [3.05, 3.63) is 66.6 Å². The van der Waals surface area contributed by atoms with Crippen molar-refractivity contribution in [2.24, 2.45) is 0 Å². The Kier molecular flexibility index (Phi) is 4.75. The summed E-state index contributed by atoms with van der Waals surface area (Å²) in [6.07, 6.45) is 4.84. The molecule has 3 aromatic rings. The molecule has 0 unspecified atom stereocenters. The minimum Gasteiger partial charge on any atom is -0.321 e. The van der Waals surface area contributed by atoms with Crippen molar-refractivity contribution in [1.82, 2.24) is 14.8 Å². The molecule has 25 heavy (non-hydrogen) atoms. The molecule has 128 valence electrons. The summed E-state index contributed by atoms with van der Waals surface area (Å²) in [6, 6.07) is 10.3. The van der Waals surface area contributed by atoms with Crippen LogP contribution in [-0.4, -0.2) is 26.2 Å². The minimum absolute atomic E-state index is 0.0225. The maximum Gasteiger partial charge on any atom is 0.446 e. The van der Waals surface area contributed by atoms with Gasteiger partial charge in [-0.25, -0.2) is 9.67 Å². The summed E-state index contributed by atoms with van der Waals surface area (Å²) in [5, 5.41) is 6.68. The quantitative estimate of drug-likeness (QED) is 0.707. The van der Waals surface area contributed by atoms with Gasteiger partial charge in [0.2, 0.25) is 0 Å². The predicted molar refractivity (Wildman–Crippen MR) is 87.7 cm³/mol. The zero-order valence-electron chi connectivity index (χ0n) is 12.6. The number of halogens is 3. The molecule has 0 saturated carbocycles. The Morgan fingerprint density at radius 2 is 1.88 bits per heavy atom. The van der Waals surface area contributed by atoms with E-state index in [1.54, 1.807) is 35.3 Å². The van der Waals surface area contributed by atoms with E-state index in [1.165, 1.54) is 30.5 Å². The number of hydrogen-bond donors (Lipinski definition) is 1. The van der Waals surface area contributed by atoms with Gasteiger partial charge in [-0.15, -0.1) is 0 Å². The third kappa shape index (κ3) is 4.60. The highest BCUT2D eigenvalue weighted by Gasteiger charge is 2.29. The van der Waals surface area contributed by atoms with Crippen LogP contribution in [0.2, 0.25) is 0 Å². The molecule has 1 N–H and O–H groups in total. The molecule has 0 fully saturated rings. The van der Waals surface area contributed by atoms with Crippen LogP contribution < -0.4 is 5.32 Å². The first-order chi connectivity index (χ1) is 11.9. The molecule has 2 heterocycles. The lowest BCUT2D eigenvalue weighted by Gasteiger charge is -2.08. The van der Waals surface area contributed by atoms with E-state index < -0.39 is 11.4 Å². The molecular weight excluding hydrogens is 353 g/mol. The van der Waals surface area contributed by atoms with Gasteiger partial charge in [0, 0.05) is 22.9 Å². The molecule has 9 heteroatoms. The normalized spacial score (nSPS) is 11.3. The van der Waals surface area contributed by atoms with Crippen molar-refractivity contribution >= 4 is 23.4 Å². The first kappa shape index (κ1) is 17.0. The van der Waals surface area contributed by atoms with E-state index in [-0.39, 0.29) is 22.2 Å². The number of nitrogens with one attached hydrogen (secondary N) is 1. The summed E-state index contributed by atoms with van der Waals surface area (Å²) < 4.78 is 38.5. The number of anilines is 1. The van der Waals surface area contributed by atoms with Crippen LogP contribution in [0.25, 0.3) is 5.82 Å². The lowest BCUT2D eigenvalue weighted by molar-refractivity contribution is -0.0328. The second-order valence-corrected chi connectivity index (χ2v) is 6.02. The van der Waals surface area contributed by atoms with Gasteiger partial charge in [-0.1, -0.05) is 0 Å². The van der Waals surface area contributed by atoms with Gasteiger partial charge in [0.1, 0.15) is 0 Å². The van der Waals surface area contributed by atoms with Crippen LogP contribution in [0, 0.1) is 0 Å². The summed E-state index contributed by atoms with van der Waals surface area (Å²) in [4.78, 5) is 16.3. The molecule has 0 radical (unpaired) electrons. The lowest BCUT2D eigenvalue weighted by Crippen LogP contribution is -2.12. The monoisotopic (exact) mass is 364 g/mol. The SMILES string of the molecule is O=C(Nc1ccc(-n2cccn2)nc1)c1ccc(SC(F)(F)F)cc1. The van der Waals surface area contributed by atoms with Crippen molar-refractivity contribution in [3.8, 4) is 5.82 Å². The van der Waals surface area contributed by atoms with Crippen LogP contribution in [-0.2, 0) is 0 Å². The molecule has 1 aromatic carbocycles. The summed E-state index contributed by atoms with van der Waals surface area (Å²) in [5.41, 5.74) is -3.64. The zero-order valence-corrected chi connectivity index (χ0v) is 13.4. The average molecular weight is 364 g/mol. The molecule has 0 atom stereocenters. The molecule has 0 spiro atoms. The van der Waals surface area contributed by atoms with E-state index >= 15 is 0 Å². The zero-order chi connectivity index (χ0) is 17.9. The minimum atomic E-state index is -4.36. The van der Waals surface area contributed by atoms with Crippen LogP contribution in [0.5, 0.6) is 0 Å². The fourth-order valence-electron chi connectivity index (χ4n) is 2.01. The van der Waals surface area contributed by atoms with Crippen LogP contribution in [0.3, 0.4) is 0 Å². The molecule has 0 bridgehead atoms. The Morgan fingerprint density at radius 1 is 1.12 bits per heavy atom. The van der Waals surface area contributed by atoms with E-state index in [2.05, 4.69) is 15.4 Å². The van der Waals surface area contributed by atoms with Crippen LogP contribution in [0.4, 0.5) is 18.9 Å². The number of benzene rings is 1. The highest BCUT2D eigenvalue weighted by Crippen LogP contribution is 2.36. The number of amides is 1. The summed E-state index contributed by atoms with van der Waals surface area (Å²) >= 11 is -0.225. The highest BCUT2D eigenvalue weighted by atomic mass is 32.2. The topological polar surface area (TPSA) is 59.8 Å². The highest BCUT2D eigenvalue weighted by molar-refractivity contribution is 8.00.